The molecule has 2 nitrogen and oxygen atoms in total. The molecule has 16 heavy (non-hydrogen) atoms. The van der Waals surface area contributed by atoms with Gasteiger partial charge in [0.25, 0.3) is 0 Å². The van der Waals surface area contributed by atoms with Gasteiger partial charge in [0.15, 0.2) is 0 Å². The monoisotopic (exact) mass is 238 g/mol. The Morgan fingerprint density at radius 3 is 3.00 bits per heavy atom. The molecule has 0 aliphatic carbocycles. The molecule has 1 aromatic heterocycles. The fourth-order valence-electron chi connectivity index (χ4n) is 2.52. The summed E-state index contributed by atoms with van der Waals surface area (Å²) < 4.78 is 0. The SMILES string of the molecule is Cc1sc(CN)cc1CN1CCCC(C)C1. The van der Waals surface area contributed by atoms with E-state index in [0.717, 1.165) is 12.5 Å². The molecule has 2 rings (SSSR count). The second-order valence-corrected chi connectivity index (χ2v) is 6.32. The fourth-order valence-corrected chi connectivity index (χ4v) is 3.45. The average molecular weight is 238 g/mol. The number of piperidine rings is 1. The zero-order valence-electron chi connectivity index (χ0n) is 10.3. The summed E-state index contributed by atoms with van der Waals surface area (Å²) in [6, 6.07) is 2.29. The van der Waals surface area contributed by atoms with Crippen LogP contribution < -0.4 is 5.73 Å². The van der Waals surface area contributed by atoms with Gasteiger partial charge in [0.2, 0.25) is 0 Å². The first-order chi connectivity index (χ1) is 7.69. The summed E-state index contributed by atoms with van der Waals surface area (Å²) in [6.45, 7) is 8.89. The highest BCUT2D eigenvalue weighted by Crippen LogP contribution is 2.24. The van der Waals surface area contributed by atoms with Gasteiger partial charge in [-0.2, -0.15) is 0 Å². The van der Waals surface area contributed by atoms with Crippen LogP contribution in [0.25, 0.3) is 0 Å². The van der Waals surface area contributed by atoms with Crippen molar-refractivity contribution in [1.82, 2.24) is 4.90 Å². The summed E-state index contributed by atoms with van der Waals surface area (Å²) >= 11 is 1.85. The molecule has 90 valence electrons. The van der Waals surface area contributed by atoms with Crippen molar-refractivity contribution in [2.45, 2.75) is 39.8 Å². The van der Waals surface area contributed by atoms with Crippen LogP contribution in [0, 0.1) is 12.8 Å². The summed E-state index contributed by atoms with van der Waals surface area (Å²) in [7, 11) is 0. The Hall–Kier alpha value is -0.380. The Balaban J connectivity index is 1.99. The Bertz CT molecular complexity index is 346. The van der Waals surface area contributed by atoms with Gasteiger partial charge in [0, 0.05) is 29.4 Å². The van der Waals surface area contributed by atoms with Crippen LogP contribution in [-0.2, 0) is 13.1 Å². The van der Waals surface area contributed by atoms with E-state index in [9.17, 15) is 0 Å². The number of rotatable bonds is 3. The predicted octanol–water partition coefficient (Wildman–Crippen LogP) is 2.75. The minimum atomic E-state index is 0.682. The first-order valence-corrected chi connectivity index (χ1v) is 7.01. The summed E-state index contributed by atoms with van der Waals surface area (Å²) in [6.07, 6.45) is 2.75. The van der Waals surface area contributed by atoms with E-state index >= 15 is 0 Å². The lowest BCUT2D eigenvalue weighted by Crippen LogP contribution is -2.33. The van der Waals surface area contributed by atoms with E-state index in [4.69, 9.17) is 5.73 Å². The number of hydrogen-bond acceptors (Lipinski definition) is 3. The van der Waals surface area contributed by atoms with Crippen LogP contribution in [0.2, 0.25) is 0 Å². The van der Waals surface area contributed by atoms with Gasteiger partial charge in [-0.25, -0.2) is 0 Å². The van der Waals surface area contributed by atoms with Gasteiger partial charge in [0.05, 0.1) is 0 Å². The van der Waals surface area contributed by atoms with Crippen molar-refractivity contribution < 1.29 is 0 Å². The van der Waals surface area contributed by atoms with Gasteiger partial charge < -0.3 is 5.73 Å². The normalized spacial score (nSPS) is 22.6. The van der Waals surface area contributed by atoms with Crippen LogP contribution in [-0.4, -0.2) is 18.0 Å². The first kappa shape index (κ1) is 12.1. The molecule has 3 heteroatoms. The average Bonchev–Trinajstić information content (AvgIpc) is 2.60. The van der Waals surface area contributed by atoms with E-state index in [1.54, 1.807) is 0 Å². The van der Waals surface area contributed by atoms with Crippen molar-refractivity contribution in [3.8, 4) is 0 Å². The van der Waals surface area contributed by atoms with E-state index in [1.807, 2.05) is 11.3 Å². The molecule has 1 unspecified atom stereocenters. The third-order valence-corrected chi connectivity index (χ3v) is 4.52. The van der Waals surface area contributed by atoms with Gasteiger partial charge >= 0.3 is 0 Å². The van der Waals surface area contributed by atoms with Gasteiger partial charge in [-0.05, 0) is 43.9 Å². The van der Waals surface area contributed by atoms with Gasteiger partial charge in [-0.3, -0.25) is 4.90 Å². The molecule has 1 atom stereocenters. The Labute approximate surface area is 102 Å². The number of nitrogens with zero attached hydrogens (tertiary/aromatic N) is 1. The Morgan fingerprint density at radius 1 is 1.56 bits per heavy atom. The van der Waals surface area contributed by atoms with Crippen LogP contribution >= 0.6 is 11.3 Å². The van der Waals surface area contributed by atoms with Crippen LogP contribution in [0.5, 0.6) is 0 Å². The lowest BCUT2D eigenvalue weighted by molar-refractivity contribution is 0.176. The predicted molar refractivity (Wildman–Crippen MR) is 70.6 cm³/mol. The minimum absolute atomic E-state index is 0.682. The van der Waals surface area contributed by atoms with E-state index in [1.165, 1.54) is 41.2 Å². The molecule has 1 aromatic rings. The van der Waals surface area contributed by atoms with E-state index in [0.29, 0.717) is 6.54 Å². The molecule has 0 aromatic carbocycles. The molecule has 0 amide bonds. The van der Waals surface area contributed by atoms with Crippen molar-refractivity contribution in [2.75, 3.05) is 13.1 Å². The number of hydrogen-bond donors (Lipinski definition) is 1. The second kappa shape index (κ2) is 5.30. The standard InChI is InChI=1S/C13H22N2S/c1-10-4-3-5-15(8-10)9-12-6-13(7-14)16-11(12)2/h6,10H,3-5,7-9,14H2,1-2H3. The van der Waals surface area contributed by atoms with Crippen molar-refractivity contribution in [3.63, 3.8) is 0 Å². The molecular formula is C13H22N2S. The van der Waals surface area contributed by atoms with E-state index in [-0.39, 0.29) is 0 Å². The van der Waals surface area contributed by atoms with Crippen LogP contribution in [0.4, 0.5) is 0 Å². The lowest BCUT2D eigenvalue weighted by atomic mass is 10.00. The van der Waals surface area contributed by atoms with Gasteiger partial charge in [0.1, 0.15) is 0 Å². The molecule has 1 aliphatic heterocycles. The molecule has 1 saturated heterocycles. The topological polar surface area (TPSA) is 29.3 Å². The second-order valence-electron chi connectivity index (χ2n) is 4.98. The fraction of sp³-hybridized carbons (Fsp3) is 0.692. The third kappa shape index (κ3) is 2.84. The highest BCUT2D eigenvalue weighted by molar-refractivity contribution is 7.12. The van der Waals surface area contributed by atoms with Crippen molar-refractivity contribution in [1.29, 1.82) is 0 Å². The third-order valence-electron chi connectivity index (χ3n) is 3.41. The van der Waals surface area contributed by atoms with Crippen LogP contribution in [0.15, 0.2) is 6.07 Å². The molecular weight excluding hydrogens is 216 g/mol. The first-order valence-electron chi connectivity index (χ1n) is 6.19. The minimum Gasteiger partial charge on any atom is -0.326 e. The van der Waals surface area contributed by atoms with Crippen molar-refractivity contribution in [3.05, 3.63) is 21.4 Å². The molecule has 0 bridgehead atoms. The smallest absolute Gasteiger partial charge is 0.0274 e. The summed E-state index contributed by atoms with van der Waals surface area (Å²) in [4.78, 5) is 5.35. The quantitative estimate of drug-likeness (QED) is 0.877. The van der Waals surface area contributed by atoms with Gasteiger partial charge in [-0.1, -0.05) is 6.92 Å². The largest absolute Gasteiger partial charge is 0.326 e. The molecule has 0 spiro atoms. The van der Waals surface area contributed by atoms with Crippen molar-refractivity contribution >= 4 is 11.3 Å². The maximum absolute atomic E-state index is 5.68. The zero-order valence-corrected chi connectivity index (χ0v) is 11.1. The maximum Gasteiger partial charge on any atom is 0.0274 e. The van der Waals surface area contributed by atoms with Crippen LogP contribution in [0.1, 0.15) is 35.1 Å². The maximum atomic E-state index is 5.68. The van der Waals surface area contributed by atoms with E-state index < -0.39 is 0 Å². The number of aryl methyl sites for hydroxylation is 1. The lowest BCUT2D eigenvalue weighted by Gasteiger charge is -2.30. The number of thiophene rings is 1. The van der Waals surface area contributed by atoms with Crippen LogP contribution in [0.3, 0.4) is 0 Å². The zero-order chi connectivity index (χ0) is 11.5. The molecule has 1 fully saturated rings. The molecule has 0 saturated carbocycles. The highest BCUT2D eigenvalue weighted by atomic mass is 32.1. The molecule has 1 aliphatic rings. The Morgan fingerprint density at radius 2 is 2.38 bits per heavy atom. The van der Waals surface area contributed by atoms with Crippen molar-refractivity contribution in [2.24, 2.45) is 11.7 Å². The molecule has 2 N–H and O–H groups in total. The molecule has 2 heterocycles. The number of nitrogens with two attached hydrogens (primary N) is 1. The highest BCUT2D eigenvalue weighted by Gasteiger charge is 2.17. The molecule has 0 radical (unpaired) electrons. The van der Waals surface area contributed by atoms with E-state index in [2.05, 4.69) is 24.8 Å². The number of likely N-dealkylation sites (tertiary alicyclic amines) is 1. The summed E-state index contributed by atoms with van der Waals surface area (Å²) in [5, 5.41) is 0. The summed E-state index contributed by atoms with van der Waals surface area (Å²) in [5.74, 6) is 0.863. The van der Waals surface area contributed by atoms with Gasteiger partial charge in [-0.15, -0.1) is 11.3 Å². The summed E-state index contributed by atoms with van der Waals surface area (Å²) in [5.41, 5.74) is 7.17. The Kier molecular flexibility index (Phi) is 4.00.